The predicted octanol–water partition coefficient (Wildman–Crippen LogP) is 4.62. The minimum Gasteiger partial charge on any atom is -0.376 e. The van der Waals surface area contributed by atoms with Gasteiger partial charge in [0.2, 0.25) is 11.8 Å². The van der Waals surface area contributed by atoms with Gasteiger partial charge >= 0.3 is 0 Å². The molecule has 6 nitrogen and oxygen atoms in total. The molecular weight excluding hydrogens is 441 g/mol. The lowest BCUT2D eigenvalue weighted by Gasteiger charge is -2.20. The van der Waals surface area contributed by atoms with Crippen LogP contribution in [-0.2, 0) is 14.3 Å². The molecule has 4 rings (SSSR count). The lowest BCUT2D eigenvalue weighted by molar-refractivity contribution is -0.129. The Hall–Kier alpha value is -2.42. The zero-order valence-electron chi connectivity index (χ0n) is 16.6. The molecule has 0 aliphatic carbocycles. The molecule has 2 aliphatic heterocycles. The van der Waals surface area contributed by atoms with E-state index in [0.717, 1.165) is 12.8 Å². The Bertz CT molecular complexity index is 996. The monoisotopic (exact) mass is 461 g/mol. The van der Waals surface area contributed by atoms with Gasteiger partial charge in [0.05, 0.1) is 18.3 Å². The van der Waals surface area contributed by atoms with Crippen molar-refractivity contribution in [3.63, 3.8) is 0 Å². The van der Waals surface area contributed by atoms with E-state index < -0.39 is 5.25 Å². The van der Waals surface area contributed by atoms with Gasteiger partial charge in [-0.2, -0.15) is 0 Å². The molecule has 2 atom stereocenters. The summed E-state index contributed by atoms with van der Waals surface area (Å²) in [6.45, 7) is 1.06. The molecule has 0 radical (unpaired) electrons. The van der Waals surface area contributed by atoms with Crippen molar-refractivity contribution in [1.29, 1.82) is 0 Å². The van der Waals surface area contributed by atoms with E-state index in [-0.39, 0.29) is 30.2 Å². The van der Waals surface area contributed by atoms with Gasteiger partial charge in [0.25, 0.3) is 0 Å². The maximum absolute atomic E-state index is 13.2. The molecule has 2 unspecified atom stereocenters. The fraction of sp³-hybridized carbons (Fsp3) is 0.318. The third kappa shape index (κ3) is 5.64. The summed E-state index contributed by atoms with van der Waals surface area (Å²) < 4.78 is 18.9. The van der Waals surface area contributed by atoms with E-state index in [9.17, 15) is 14.0 Å². The van der Waals surface area contributed by atoms with Crippen LogP contribution in [0.15, 0.2) is 53.5 Å². The predicted molar refractivity (Wildman–Crippen MR) is 120 cm³/mol. The highest BCUT2D eigenvalue weighted by Crippen LogP contribution is 2.33. The summed E-state index contributed by atoms with van der Waals surface area (Å²) in [5.41, 5.74) is 1.11. The van der Waals surface area contributed by atoms with E-state index in [2.05, 4.69) is 10.3 Å². The van der Waals surface area contributed by atoms with E-state index >= 15 is 0 Å². The molecule has 0 aromatic heterocycles. The number of thioether (sulfide) groups is 1. The minimum absolute atomic E-state index is 0.000471. The molecule has 2 saturated heterocycles. The summed E-state index contributed by atoms with van der Waals surface area (Å²) in [5.74, 6) is -0.818. The Balaban J connectivity index is 1.49. The Labute approximate surface area is 188 Å². The molecule has 2 fully saturated rings. The van der Waals surface area contributed by atoms with Gasteiger partial charge in [-0.05, 0) is 55.3 Å². The number of amidine groups is 1. The molecule has 0 spiro atoms. The number of aliphatic imine (C=N–C) groups is 1. The van der Waals surface area contributed by atoms with Crippen molar-refractivity contribution >= 4 is 51.7 Å². The molecular formula is C22H21ClFN3O3S. The van der Waals surface area contributed by atoms with Crippen LogP contribution >= 0.6 is 23.4 Å². The molecule has 2 aliphatic rings. The number of halogens is 2. The highest BCUT2D eigenvalue weighted by molar-refractivity contribution is 8.15. The van der Waals surface area contributed by atoms with Crippen LogP contribution in [0, 0.1) is 5.82 Å². The number of rotatable bonds is 6. The van der Waals surface area contributed by atoms with Gasteiger partial charge in [0.15, 0.2) is 5.17 Å². The maximum Gasteiger partial charge on any atom is 0.242 e. The fourth-order valence-electron chi connectivity index (χ4n) is 3.46. The number of anilines is 1. The van der Waals surface area contributed by atoms with Crippen molar-refractivity contribution in [2.75, 3.05) is 18.5 Å². The minimum atomic E-state index is -0.597. The molecule has 2 heterocycles. The number of hydrogen-bond acceptors (Lipinski definition) is 5. The van der Waals surface area contributed by atoms with E-state index in [1.165, 1.54) is 23.9 Å². The Kier molecular flexibility index (Phi) is 6.89. The Morgan fingerprint density at radius 2 is 2.10 bits per heavy atom. The van der Waals surface area contributed by atoms with Crippen molar-refractivity contribution in [2.24, 2.45) is 4.99 Å². The summed E-state index contributed by atoms with van der Waals surface area (Å²) in [6, 6.07) is 12.6. The number of benzene rings is 2. The first kappa shape index (κ1) is 21.8. The first-order valence-corrected chi connectivity index (χ1v) is 11.2. The van der Waals surface area contributed by atoms with E-state index in [1.54, 1.807) is 41.3 Å². The SMILES string of the molecule is O=C(CC1SC(=Nc2ccc(F)cc2)N(CC2CCCO2)C1=O)Nc1cccc(Cl)c1. The fourth-order valence-corrected chi connectivity index (χ4v) is 4.82. The van der Waals surface area contributed by atoms with Crippen molar-refractivity contribution in [3.8, 4) is 0 Å². The number of nitrogens with one attached hydrogen (secondary N) is 1. The van der Waals surface area contributed by atoms with Crippen LogP contribution in [0.3, 0.4) is 0 Å². The molecule has 2 amide bonds. The number of nitrogens with zero attached hydrogens (tertiary/aromatic N) is 2. The number of amides is 2. The van der Waals surface area contributed by atoms with Gasteiger partial charge in [0, 0.05) is 23.7 Å². The summed E-state index contributed by atoms with van der Waals surface area (Å²) >= 11 is 7.20. The van der Waals surface area contributed by atoms with E-state index in [1.807, 2.05) is 0 Å². The molecule has 0 bridgehead atoms. The second-order valence-electron chi connectivity index (χ2n) is 7.32. The Morgan fingerprint density at radius 1 is 1.29 bits per heavy atom. The summed E-state index contributed by atoms with van der Waals surface area (Å²) in [6.07, 6.45) is 1.77. The normalized spacial score (nSPS) is 22.3. The Morgan fingerprint density at radius 3 is 2.81 bits per heavy atom. The van der Waals surface area contributed by atoms with Gasteiger partial charge in [-0.3, -0.25) is 14.5 Å². The third-order valence-corrected chi connectivity index (χ3v) is 6.37. The first-order chi connectivity index (χ1) is 15.0. The van der Waals surface area contributed by atoms with Gasteiger partial charge in [-0.15, -0.1) is 0 Å². The van der Waals surface area contributed by atoms with Crippen molar-refractivity contribution < 1.29 is 18.7 Å². The number of ether oxygens (including phenoxy) is 1. The largest absolute Gasteiger partial charge is 0.376 e. The number of carbonyl (C=O) groups excluding carboxylic acids is 2. The highest BCUT2D eigenvalue weighted by Gasteiger charge is 2.40. The van der Waals surface area contributed by atoms with Crippen molar-refractivity contribution in [2.45, 2.75) is 30.6 Å². The quantitative estimate of drug-likeness (QED) is 0.681. The van der Waals surface area contributed by atoms with Crippen LogP contribution in [0.1, 0.15) is 19.3 Å². The van der Waals surface area contributed by atoms with Gasteiger partial charge in [-0.25, -0.2) is 9.38 Å². The third-order valence-electron chi connectivity index (χ3n) is 4.96. The lowest BCUT2D eigenvalue weighted by atomic mass is 10.2. The average molecular weight is 462 g/mol. The molecule has 9 heteroatoms. The molecule has 162 valence electrons. The molecule has 1 N–H and O–H groups in total. The second kappa shape index (κ2) is 9.80. The van der Waals surface area contributed by atoms with Crippen LogP contribution < -0.4 is 5.32 Å². The summed E-state index contributed by atoms with van der Waals surface area (Å²) in [7, 11) is 0. The number of carbonyl (C=O) groups is 2. The topological polar surface area (TPSA) is 71.0 Å². The van der Waals surface area contributed by atoms with E-state index in [4.69, 9.17) is 16.3 Å². The molecule has 2 aromatic rings. The second-order valence-corrected chi connectivity index (χ2v) is 8.93. The summed E-state index contributed by atoms with van der Waals surface area (Å²) in [4.78, 5) is 31.8. The molecule has 0 saturated carbocycles. The zero-order chi connectivity index (χ0) is 21.8. The van der Waals surface area contributed by atoms with Crippen molar-refractivity contribution in [3.05, 3.63) is 59.4 Å². The van der Waals surface area contributed by atoms with Crippen molar-refractivity contribution in [1.82, 2.24) is 4.90 Å². The molecule has 31 heavy (non-hydrogen) atoms. The smallest absolute Gasteiger partial charge is 0.242 e. The van der Waals surface area contributed by atoms with Gasteiger partial charge in [-0.1, -0.05) is 29.4 Å². The zero-order valence-corrected chi connectivity index (χ0v) is 18.2. The highest BCUT2D eigenvalue weighted by atomic mass is 35.5. The van der Waals surface area contributed by atoms with Crippen LogP contribution in [0.5, 0.6) is 0 Å². The van der Waals surface area contributed by atoms with Gasteiger partial charge in [0.1, 0.15) is 11.1 Å². The first-order valence-electron chi connectivity index (χ1n) is 9.97. The standard InChI is InChI=1S/C22H21ClFN3O3S/c23-14-3-1-4-17(11-14)25-20(28)12-19-21(29)27(13-18-5-2-10-30-18)22(31-19)26-16-8-6-15(24)7-9-16/h1,3-4,6-9,11,18-19H,2,5,10,12-13H2,(H,25,28). The van der Waals surface area contributed by atoms with Crippen LogP contribution in [-0.4, -0.2) is 46.4 Å². The van der Waals surface area contributed by atoms with Gasteiger partial charge < -0.3 is 10.1 Å². The van der Waals surface area contributed by atoms with Crippen LogP contribution in [0.2, 0.25) is 5.02 Å². The number of hydrogen-bond donors (Lipinski definition) is 1. The summed E-state index contributed by atoms with van der Waals surface area (Å²) in [5, 5.41) is 3.19. The molecule has 2 aromatic carbocycles. The van der Waals surface area contributed by atoms with E-state index in [0.29, 0.717) is 34.7 Å². The average Bonchev–Trinajstić information content (AvgIpc) is 3.34. The lowest BCUT2D eigenvalue weighted by Crippen LogP contribution is -2.38. The van der Waals surface area contributed by atoms with Crippen LogP contribution in [0.4, 0.5) is 15.8 Å². The van der Waals surface area contributed by atoms with Crippen LogP contribution in [0.25, 0.3) is 0 Å². The maximum atomic E-state index is 13.2.